The van der Waals surface area contributed by atoms with E-state index in [0.717, 1.165) is 43.8 Å². The van der Waals surface area contributed by atoms with Gasteiger partial charge in [0.2, 0.25) is 0 Å². The summed E-state index contributed by atoms with van der Waals surface area (Å²) < 4.78 is 26.0. The Morgan fingerprint density at radius 1 is 1.09 bits per heavy atom. The van der Waals surface area contributed by atoms with E-state index in [9.17, 15) is 13.6 Å². The molecular formula is C16H15F2N3O. The molecule has 1 aromatic carbocycles. The molecule has 4 nitrogen and oxygen atoms in total. The zero-order valence-corrected chi connectivity index (χ0v) is 11.9. The molecule has 1 amide bonds. The van der Waals surface area contributed by atoms with Crippen molar-refractivity contribution < 1.29 is 13.6 Å². The molecule has 0 unspecified atom stereocenters. The van der Waals surface area contributed by atoms with Crippen LogP contribution in [0.25, 0.3) is 0 Å². The molecule has 1 aliphatic rings. The van der Waals surface area contributed by atoms with Gasteiger partial charge in [-0.3, -0.25) is 9.78 Å². The lowest BCUT2D eigenvalue weighted by atomic mass is 10.2. The molecule has 1 aliphatic heterocycles. The van der Waals surface area contributed by atoms with E-state index in [4.69, 9.17) is 0 Å². The number of rotatable bonds is 3. The molecule has 0 aliphatic carbocycles. The minimum atomic E-state index is -1.00. The Bertz CT molecular complexity index is 700. The highest BCUT2D eigenvalue weighted by Gasteiger charge is 2.15. The highest BCUT2D eigenvalue weighted by molar-refractivity contribution is 6.03. The molecule has 0 atom stereocenters. The van der Waals surface area contributed by atoms with Crippen LogP contribution in [0.4, 0.5) is 20.2 Å². The minimum Gasteiger partial charge on any atom is -0.371 e. The average molecular weight is 303 g/mol. The molecule has 0 spiro atoms. The van der Waals surface area contributed by atoms with Gasteiger partial charge in [-0.05, 0) is 37.1 Å². The zero-order valence-electron chi connectivity index (χ0n) is 11.9. The van der Waals surface area contributed by atoms with E-state index in [-0.39, 0.29) is 11.4 Å². The van der Waals surface area contributed by atoms with E-state index in [1.807, 2.05) is 6.07 Å². The first-order valence-corrected chi connectivity index (χ1v) is 7.11. The Balaban J connectivity index is 1.76. The molecule has 3 rings (SSSR count). The highest BCUT2D eigenvalue weighted by atomic mass is 19.2. The van der Waals surface area contributed by atoms with Gasteiger partial charge in [-0.2, -0.15) is 0 Å². The summed E-state index contributed by atoms with van der Waals surface area (Å²) in [5, 5.41) is 2.52. The maximum absolute atomic E-state index is 13.2. The van der Waals surface area contributed by atoms with E-state index in [1.54, 1.807) is 12.3 Å². The van der Waals surface area contributed by atoms with Gasteiger partial charge in [0.15, 0.2) is 11.6 Å². The number of halogens is 2. The van der Waals surface area contributed by atoms with Crippen LogP contribution in [0.3, 0.4) is 0 Å². The minimum absolute atomic E-state index is 0.192. The van der Waals surface area contributed by atoms with Crippen molar-refractivity contribution in [3.63, 3.8) is 0 Å². The van der Waals surface area contributed by atoms with Crippen molar-refractivity contribution in [3.05, 3.63) is 53.9 Å². The first-order valence-electron chi connectivity index (χ1n) is 7.11. The van der Waals surface area contributed by atoms with E-state index in [2.05, 4.69) is 15.2 Å². The number of nitrogens with zero attached hydrogens (tertiary/aromatic N) is 2. The normalized spacial score (nSPS) is 14.2. The molecule has 0 radical (unpaired) electrons. The zero-order chi connectivity index (χ0) is 15.5. The fourth-order valence-electron chi connectivity index (χ4n) is 2.48. The molecule has 0 bridgehead atoms. The van der Waals surface area contributed by atoms with Gasteiger partial charge in [0.05, 0.1) is 0 Å². The van der Waals surface area contributed by atoms with Crippen molar-refractivity contribution >= 4 is 17.3 Å². The van der Waals surface area contributed by atoms with Crippen molar-refractivity contribution in [2.24, 2.45) is 0 Å². The molecule has 1 aromatic heterocycles. The first-order chi connectivity index (χ1) is 10.6. The molecule has 22 heavy (non-hydrogen) atoms. The van der Waals surface area contributed by atoms with E-state index < -0.39 is 17.5 Å². The Morgan fingerprint density at radius 3 is 2.59 bits per heavy atom. The van der Waals surface area contributed by atoms with Gasteiger partial charge in [-0.25, -0.2) is 8.78 Å². The lowest BCUT2D eigenvalue weighted by Gasteiger charge is -2.17. The number of carbonyl (C=O) groups excluding carboxylic acids is 1. The van der Waals surface area contributed by atoms with Crippen molar-refractivity contribution in [2.45, 2.75) is 12.8 Å². The van der Waals surface area contributed by atoms with Crippen LogP contribution in [-0.2, 0) is 0 Å². The molecule has 114 valence electrons. The Kier molecular flexibility index (Phi) is 4.00. The van der Waals surface area contributed by atoms with Crippen molar-refractivity contribution in [3.8, 4) is 0 Å². The van der Waals surface area contributed by atoms with Crippen LogP contribution in [-0.4, -0.2) is 24.0 Å². The highest BCUT2D eigenvalue weighted by Crippen LogP contribution is 2.21. The van der Waals surface area contributed by atoms with Gasteiger partial charge in [-0.15, -0.1) is 0 Å². The third kappa shape index (κ3) is 3.05. The molecule has 2 heterocycles. The lowest BCUT2D eigenvalue weighted by molar-refractivity contribution is 0.102. The summed E-state index contributed by atoms with van der Waals surface area (Å²) in [4.78, 5) is 18.4. The van der Waals surface area contributed by atoms with Crippen molar-refractivity contribution in [1.82, 2.24) is 4.98 Å². The monoisotopic (exact) mass is 303 g/mol. The molecule has 6 heteroatoms. The van der Waals surface area contributed by atoms with Crippen LogP contribution < -0.4 is 10.2 Å². The van der Waals surface area contributed by atoms with E-state index in [0.29, 0.717) is 0 Å². The fraction of sp³-hybridized carbons (Fsp3) is 0.250. The van der Waals surface area contributed by atoms with Gasteiger partial charge >= 0.3 is 0 Å². The molecular weight excluding hydrogens is 288 g/mol. The summed E-state index contributed by atoms with van der Waals surface area (Å²) in [5.41, 5.74) is 1.38. The van der Waals surface area contributed by atoms with Crippen LogP contribution in [0.2, 0.25) is 0 Å². The topological polar surface area (TPSA) is 45.2 Å². The van der Waals surface area contributed by atoms with Gasteiger partial charge in [-0.1, -0.05) is 0 Å². The molecule has 1 N–H and O–H groups in total. The third-order valence-electron chi connectivity index (χ3n) is 3.62. The summed E-state index contributed by atoms with van der Waals surface area (Å²) in [6.07, 6.45) is 3.85. The SMILES string of the molecule is O=C(Nc1ccc(F)c(F)c1)c1cc(N2CCCC2)ccn1. The van der Waals surface area contributed by atoms with Gasteiger partial charge in [0.1, 0.15) is 5.69 Å². The number of aromatic nitrogens is 1. The van der Waals surface area contributed by atoms with Gasteiger partial charge < -0.3 is 10.2 Å². The van der Waals surface area contributed by atoms with Crippen LogP contribution in [0.15, 0.2) is 36.5 Å². The number of anilines is 2. The van der Waals surface area contributed by atoms with Crippen LogP contribution in [0.1, 0.15) is 23.3 Å². The number of carbonyl (C=O) groups is 1. The predicted octanol–water partition coefficient (Wildman–Crippen LogP) is 3.21. The second kappa shape index (κ2) is 6.09. The average Bonchev–Trinajstić information content (AvgIpc) is 3.05. The first kappa shape index (κ1) is 14.4. The number of benzene rings is 1. The number of pyridine rings is 1. The van der Waals surface area contributed by atoms with Crippen LogP contribution in [0, 0.1) is 11.6 Å². The standard InChI is InChI=1S/C16H15F2N3O/c17-13-4-3-11(9-14(13)18)20-16(22)15-10-12(5-6-19-15)21-7-1-2-8-21/h3-6,9-10H,1-2,7-8H2,(H,20,22). The van der Waals surface area contributed by atoms with Crippen LogP contribution >= 0.6 is 0 Å². The summed E-state index contributed by atoms with van der Waals surface area (Å²) in [7, 11) is 0. The second-order valence-electron chi connectivity index (χ2n) is 5.18. The smallest absolute Gasteiger partial charge is 0.274 e. The maximum Gasteiger partial charge on any atom is 0.274 e. The van der Waals surface area contributed by atoms with Crippen LogP contribution in [0.5, 0.6) is 0 Å². The molecule has 1 fully saturated rings. The number of hydrogen-bond acceptors (Lipinski definition) is 3. The summed E-state index contributed by atoms with van der Waals surface area (Å²) in [5.74, 6) is -2.41. The Morgan fingerprint density at radius 2 is 1.86 bits per heavy atom. The van der Waals surface area contributed by atoms with E-state index in [1.165, 1.54) is 6.07 Å². The summed E-state index contributed by atoms with van der Waals surface area (Å²) >= 11 is 0. The van der Waals surface area contributed by atoms with Gasteiger partial charge in [0, 0.05) is 36.7 Å². The predicted molar refractivity (Wildman–Crippen MR) is 80.0 cm³/mol. The molecule has 1 saturated heterocycles. The quantitative estimate of drug-likeness (QED) is 0.947. The Labute approximate surface area is 126 Å². The lowest BCUT2D eigenvalue weighted by Crippen LogP contribution is -2.19. The maximum atomic E-state index is 13.2. The number of amides is 1. The molecule has 2 aromatic rings. The second-order valence-corrected chi connectivity index (χ2v) is 5.18. The fourth-order valence-corrected chi connectivity index (χ4v) is 2.48. The summed E-state index contributed by atoms with van der Waals surface area (Å²) in [6, 6.07) is 6.79. The van der Waals surface area contributed by atoms with Crippen molar-refractivity contribution in [1.29, 1.82) is 0 Å². The van der Waals surface area contributed by atoms with Crippen molar-refractivity contribution in [2.75, 3.05) is 23.3 Å². The third-order valence-corrected chi connectivity index (χ3v) is 3.62. The van der Waals surface area contributed by atoms with Gasteiger partial charge in [0.25, 0.3) is 5.91 Å². The summed E-state index contributed by atoms with van der Waals surface area (Å²) in [6.45, 7) is 1.93. The molecule has 0 saturated carbocycles. The van der Waals surface area contributed by atoms with E-state index >= 15 is 0 Å². The largest absolute Gasteiger partial charge is 0.371 e. The number of hydrogen-bond donors (Lipinski definition) is 1. The Hall–Kier alpha value is -2.50. The number of nitrogens with one attached hydrogen (secondary N) is 1.